The van der Waals surface area contributed by atoms with Crippen LogP contribution >= 0.6 is 15.9 Å². The summed E-state index contributed by atoms with van der Waals surface area (Å²) in [6.45, 7) is 6.49. The van der Waals surface area contributed by atoms with Crippen LogP contribution in [0.1, 0.15) is 44.7 Å². The highest BCUT2D eigenvalue weighted by molar-refractivity contribution is 9.10. The van der Waals surface area contributed by atoms with Crippen molar-refractivity contribution in [1.29, 1.82) is 0 Å². The quantitative estimate of drug-likeness (QED) is 0.861. The number of hydrogen-bond acceptors (Lipinski definition) is 2. The minimum absolute atomic E-state index is 0.188. The normalized spacial score (nSPS) is 24.3. The highest BCUT2D eigenvalue weighted by Crippen LogP contribution is 2.35. The van der Waals surface area contributed by atoms with Crippen molar-refractivity contribution in [2.45, 2.75) is 45.2 Å². The lowest BCUT2D eigenvalue weighted by molar-refractivity contribution is 0.187. The summed E-state index contributed by atoms with van der Waals surface area (Å²) in [5, 5.41) is 3.58. The molecule has 0 saturated carbocycles. The molecule has 0 aliphatic carbocycles. The van der Waals surface area contributed by atoms with Crippen LogP contribution in [0.3, 0.4) is 0 Å². The van der Waals surface area contributed by atoms with Crippen LogP contribution in [-0.4, -0.2) is 31.1 Å². The fraction of sp³-hybridized carbons (Fsp3) is 0.647. The van der Waals surface area contributed by atoms with Gasteiger partial charge in [-0.3, -0.25) is 4.90 Å². The fourth-order valence-corrected chi connectivity index (χ4v) is 3.64. The minimum atomic E-state index is -0.188. The third-order valence-electron chi connectivity index (χ3n) is 4.33. The molecule has 1 N–H and O–H groups in total. The Kier molecular flexibility index (Phi) is 6.20. The lowest BCUT2D eigenvalue weighted by atomic mass is 9.89. The van der Waals surface area contributed by atoms with E-state index < -0.39 is 0 Å². The van der Waals surface area contributed by atoms with Gasteiger partial charge >= 0.3 is 0 Å². The predicted molar refractivity (Wildman–Crippen MR) is 90.0 cm³/mol. The molecule has 118 valence electrons. The monoisotopic (exact) mass is 356 g/mol. The Labute approximate surface area is 136 Å². The Balaban J connectivity index is 2.25. The summed E-state index contributed by atoms with van der Waals surface area (Å²) in [7, 11) is 2.19. The van der Waals surface area contributed by atoms with Crippen molar-refractivity contribution >= 4 is 15.9 Å². The average Bonchev–Trinajstić information content (AvgIpc) is 2.61. The number of likely N-dealkylation sites (tertiary alicyclic amines) is 1. The van der Waals surface area contributed by atoms with E-state index in [9.17, 15) is 4.39 Å². The van der Waals surface area contributed by atoms with Crippen LogP contribution in [0.2, 0.25) is 0 Å². The molecule has 0 bridgehead atoms. The Morgan fingerprint density at radius 3 is 2.81 bits per heavy atom. The number of rotatable bonds is 4. The standard InChI is InChI=1S/C17H26BrFN2/c1-12(2)20-11-14-6-4-5-9-21(3)17(14)13-7-8-16(19)15(18)10-13/h7-8,10,12,14,17,20H,4-6,9,11H2,1-3H3. The van der Waals surface area contributed by atoms with Crippen molar-refractivity contribution in [3.63, 3.8) is 0 Å². The van der Waals surface area contributed by atoms with Gasteiger partial charge in [0.2, 0.25) is 0 Å². The first-order valence-electron chi connectivity index (χ1n) is 7.87. The molecule has 0 amide bonds. The summed E-state index contributed by atoms with van der Waals surface area (Å²) in [5.41, 5.74) is 1.21. The molecule has 1 fully saturated rings. The van der Waals surface area contributed by atoms with Crippen molar-refractivity contribution in [2.75, 3.05) is 20.1 Å². The van der Waals surface area contributed by atoms with Gasteiger partial charge in [-0.2, -0.15) is 0 Å². The molecule has 1 aromatic carbocycles. The molecule has 1 heterocycles. The number of benzene rings is 1. The van der Waals surface area contributed by atoms with Gasteiger partial charge in [-0.15, -0.1) is 0 Å². The molecule has 21 heavy (non-hydrogen) atoms. The maximum atomic E-state index is 13.5. The van der Waals surface area contributed by atoms with Gasteiger partial charge < -0.3 is 5.32 Å². The zero-order chi connectivity index (χ0) is 15.4. The van der Waals surface area contributed by atoms with Gasteiger partial charge in [-0.05, 0) is 66.0 Å². The first kappa shape index (κ1) is 16.9. The van der Waals surface area contributed by atoms with E-state index in [0.717, 1.165) is 13.1 Å². The molecule has 0 radical (unpaired) electrons. The second kappa shape index (κ2) is 7.70. The van der Waals surface area contributed by atoms with Gasteiger partial charge in [-0.25, -0.2) is 4.39 Å². The van der Waals surface area contributed by atoms with Crippen LogP contribution in [0, 0.1) is 11.7 Å². The van der Waals surface area contributed by atoms with E-state index in [1.54, 1.807) is 6.07 Å². The van der Waals surface area contributed by atoms with Crippen molar-refractivity contribution in [2.24, 2.45) is 5.92 Å². The molecular formula is C17H26BrFN2. The van der Waals surface area contributed by atoms with E-state index in [4.69, 9.17) is 0 Å². The Morgan fingerprint density at radius 1 is 1.38 bits per heavy atom. The van der Waals surface area contributed by atoms with Crippen LogP contribution in [0.25, 0.3) is 0 Å². The van der Waals surface area contributed by atoms with Crippen LogP contribution in [0.5, 0.6) is 0 Å². The fourth-order valence-electron chi connectivity index (χ4n) is 3.25. The molecule has 1 saturated heterocycles. The summed E-state index contributed by atoms with van der Waals surface area (Å²) in [6, 6.07) is 6.32. The summed E-state index contributed by atoms with van der Waals surface area (Å²) in [5.74, 6) is 0.379. The maximum Gasteiger partial charge on any atom is 0.137 e. The smallest absolute Gasteiger partial charge is 0.137 e. The number of nitrogens with one attached hydrogen (secondary N) is 1. The predicted octanol–water partition coefficient (Wildman–Crippen LogP) is 4.36. The van der Waals surface area contributed by atoms with E-state index >= 15 is 0 Å². The molecule has 2 atom stereocenters. The molecule has 2 unspecified atom stereocenters. The van der Waals surface area contributed by atoms with Gasteiger partial charge in [-0.1, -0.05) is 26.3 Å². The summed E-state index contributed by atoms with van der Waals surface area (Å²) >= 11 is 3.33. The van der Waals surface area contributed by atoms with Crippen LogP contribution in [0.4, 0.5) is 4.39 Å². The molecule has 0 spiro atoms. The average molecular weight is 357 g/mol. The number of halogens is 2. The Morgan fingerprint density at radius 2 is 2.14 bits per heavy atom. The molecule has 0 aromatic heterocycles. The van der Waals surface area contributed by atoms with Gasteiger partial charge in [0, 0.05) is 18.6 Å². The highest BCUT2D eigenvalue weighted by atomic mass is 79.9. The van der Waals surface area contributed by atoms with Gasteiger partial charge in [0.1, 0.15) is 5.82 Å². The van der Waals surface area contributed by atoms with Gasteiger partial charge in [0.15, 0.2) is 0 Å². The summed E-state index contributed by atoms with van der Waals surface area (Å²) in [6.07, 6.45) is 3.74. The summed E-state index contributed by atoms with van der Waals surface area (Å²) < 4.78 is 14.1. The third-order valence-corrected chi connectivity index (χ3v) is 4.94. The number of hydrogen-bond donors (Lipinski definition) is 1. The highest BCUT2D eigenvalue weighted by Gasteiger charge is 2.29. The zero-order valence-corrected chi connectivity index (χ0v) is 14.8. The molecule has 1 aliphatic rings. The van der Waals surface area contributed by atoms with Crippen molar-refractivity contribution in [3.05, 3.63) is 34.1 Å². The summed E-state index contributed by atoms with van der Waals surface area (Å²) in [4.78, 5) is 2.43. The van der Waals surface area contributed by atoms with E-state index in [0.29, 0.717) is 22.5 Å². The first-order valence-corrected chi connectivity index (χ1v) is 8.67. The van der Waals surface area contributed by atoms with E-state index in [1.165, 1.54) is 24.8 Å². The minimum Gasteiger partial charge on any atom is -0.314 e. The molecular weight excluding hydrogens is 331 g/mol. The molecule has 2 nitrogen and oxygen atoms in total. The van der Waals surface area contributed by atoms with Gasteiger partial charge in [0.05, 0.1) is 4.47 Å². The SMILES string of the molecule is CC(C)NCC1CCCCN(C)C1c1ccc(F)c(Br)c1. The van der Waals surface area contributed by atoms with E-state index in [1.807, 2.05) is 12.1 Å². The van der Waals surface area contributed by atoms with Crippen LogP contribution in [0.15, 0.2) is 22.7 Å². The zero-order valence-electron chi connectivity index (χ0n) is 13.2. The lowest BCUT2D eigenvalue weighted by Crippen LogP contribution is -2.37. The maximum absolute atomic E-state index is 13.5. The van der Waals surface area contributed by atoms with Crippen LogP contribution < -0.4 is 5.32 Å². The molecule has 1 aliphatic heterocycles. The van der Waals surface area contributed by atoms with E-state index in [2.05, 4.69) is 47.0 Å². The third kappa shape index (κ3) is 4.51. The van der Waals surface area contributed by atoms with Crippen molar-refractivity contribution in [1.82, 2.24) is 10.2 Å². The van der Waals surface area contributed by atoms with Crippen molar-refractivity contribution < 1.29 is 4.39 Å². The Bertz CT molecular complexity index is 464. The number of nitrogens with zero attached hydrogens (tertiary/aromatic N) is 1. The second-order valence-corrected chi connectivity index (χ2v) is 7.27. The molecule has 2 rings (SSSR count). The van der Waals surface area contributed by atoms with Crippen LogP contribution in [-0.2, 0) is 0 Å². The first-order chi connectivity index (χ1) is 9.99. The lowest BCUT2D eigenvalue weighted by Gasteiger charge is -2.33. The van der Waals surface area contributed by atoms with Gasteiger partial charge in [0.25, 0.3) is 0 Å². The second-order valence-electron chi connectivity index (χ2n) is 6.42. The molecule has 1 aromatic rings. The molecule has 4 heteroatoms. The van der Waals surface area contributed by atoms with Crippen molar-refractivity contribution in [3.8, 4) is 0 Å². The largest absolute Gasteiger partial charge is 0.314 e. The van der Waals surface area contributed by atoms with E-state index in [-0.39, 0.29) is 5.82 Å². The Hall–Kier alpha value is -0.450. The topological polar surface area (TPSA) is 15.3 Å².